The Hall–Kier alpha value is -2.82. The number of hydrogen-bond donors (Lipinski definition) is 0. The van der Waals surface area contributed by atoms with Crippen molar-refractivity contribution in [3.63, 3.8) is 0 Å². The van der Waals surface area contributed by atoms with Crippen molar-refractivity contribution in [3.05, 3.63) is 47.8 Å². The molecule has 1 fully saturated rings. The van der Waals surface area contributed by atoms with E-state index in [0.29, 0.717) is 52.9 Å². The number of ether oxygens (including phenoxy) is 5. The minimum atomic E-state index is -1.00. The molecular weight excluding hydrogens is 427 g/mol. The Bertz CT molecular complexity index is 1010. The van der Waals surface area contributed by atoms with Crippen LogP contribution in [0.15, 0.2) is 46.0 Å². The van der Waals surface area contributed by atoms with Crippen molar-refractivity contribution in [1.29, 1.82) is 0 Å². The predicted molar refractivity (Wildman–Crippen MR) is 110 cm³/mol. The Labute approximate surface area is 182 Å². The number of halogens is 1. The molecular formula is C21H21FN2O6S. The highest BCUT2D eigenvalue weighted by molar-refractivity contribution is 7.99. The topological polar surface area (TPSA) is 85.1 Å². The van der Waals surface area contributed by atoms with Crippen LogP contribution in [0.5, 0.6) is 17.2 Å². The van der Waals surface area contributed by atoms with Crippen molar-refractivity contribution in [2.75, 3.05) is 40.3 Å². The quantitative estimate of drug-likeness (QED) is 0.476. The van der Waals surface area contributed by atoms with E-state index in [1.165, 1.54) is 45.2 Å². The summed E-state index contributed by atoms with van der Waals surface area (Å²) >= 11 is 1.29. The van der Waals surface area contributed by atoms with Crippen LogP contribution in [0.1, 0.15) is 5.56 Å². The van der Waals surface area contributed by atoms with E-state index in [1.807, 2.05) is 0 Å². The van der Waals surface area contributed by atoms with Crippen LogP contribution in [0.3, 0.4) is 0 Å². The third-order valence-electron chi connectivity index (χ3n) is 4.74. The van der Waals surface area contributed by atoms with Gasteiger partial charge in [-0.1, -0.05) is 23.9 Å². The van der Waals surface area contributed by atoms with Gasteiger partial charge in [0.2, 0.25) is 17.4 Å². The molecule has 10 heteroatoms. The molecule has 2 aromatic carbocycles. The van der Waals surface area contributed by atoms with Gasteiger partial charge in [-0.2, -0.15) is 0 Å². The van der Waals surface area contributed by atoms with Gasteiger partial charge in [-0.05, 0) is 24.3 Å². The predicted octanol–water partition coefficient (Wildman–Crippen LogP) is 3.89. The van der Waals surface area contributed by atoms with E-state index in [4.69, 9.17) is 28.1 Å². The second-order valence-corrected chi connectivity index (χ2v) is 7.46. The SMILES string of the molecule is COc1cc(-c2nnc(SCC3(c4ccc(F)cc4)OCCO3)o2)cc(OC)c1OC. The molecule has 0 aliphatic carbocycles. The minimum Gasteiger partial charge on any atom is -0.493 e. The highest BCUT2D eigenvalue weighted by atomic mass is 32.2. The number of thioether (sulfide) groups is 1. The molecule has 31 heavy (non-hydrogen) atoms. The fourth-order valence-corrected chi connectivity index (χ4v) is 4.12. The lowest BCUT2D eigenvalue weighted by atomic mass is 10.1. The Balaban J connectivity index is 1.55. The molecule has 0 spiro atoms. The first-order valence-corrected chi connectivity index (χ1v) is 10.4. The van der Waals surface area contributed by atoms with Gasteiger partial charge >= 0.3 is 0 Å². The summed E-state index contributed by atoms with van der Waals surface area (Å²) in [6.07, 6.45) is 0. The summed E-state index contributed by atoms with van der Waals surface area (Å²) in [4.78, 5) is 0. The van der Waals surface area contributed by atoms with Gasteiger partial charge in [0.1, 0.15) is 5.82 Å². The number of rotatable bonds is 8. The van der Waals surface area contributed by atoms with Crippen molar-refractivity contribution in [1.82, 2.24) is 10.2 Å². The highest BCUT2D eigenvalue weighted by Gasteiger charge is 2.39. The number of methoxy groups -OCH3 is 3. The summed E-state index contributed by atoms with van der Waals surface area (Å²) in [7, 11) is 4.60. The average Bonchev–Trinajstić information content (AvgIpc) is 3.47. The molecule has 0 unspecified atom stereocenters. The molecule has 164 valence electrons. The zero-order valence-electron chi connectivity index (χ0n) is 17.2. The third-order valence-corrected chi connectivity index (χ3v) is 5.68. The number of nitrogens with zero attached hydrogens (tertiary/aromatic N) is 2. The molecule has 4 rings (SSSR count). The summed E-state index contributed by atoms with van der Waals surface area (Å²) in [5.74, 6) is 0.760. The van der Waals surface area contributed by atoms with E-state index >= 15 is 0 Å². The van der Waals surface area contributed by atoms with Crippen LogP contribution in [-0.2, 0) is 15.3 Å². The minimum absolute atomic E-state index is 0.297. The molecule has 0 bridgehead atoms. The van der Waals surface area contributed by atoms with Crippen LogP contribution >= 0.6 is 11.8 Å². The van der Waals surface area contributed by atoms with Gasteiger partial charge in [-0.15, -0.1) is 10.2 Å². The highest BCUT2D eigenvalue weighted by Crippen LogP contribution is 2.42. The van der Waals surface area contributed by atoms with Crippen LogP contribution in [0, 0.1) is 5.82 Å². The molecule has 0 atom stereocenters. The fourth-order valence-electron chi connectivity index (χ4n) is 3.24. The van der Waals surface area contributed by atoms with Crippen LogP contribution < -0.4 is 14.2 Å². The molecule has 3 aromatic rings. The molecule has 1 aliphatic heterocycles. The second-order valence-electron chi connectivity index (χ2n) is 6.53. The molecule has 0 radical (unpaired) electrons. The van der Waals surface area contributed by atoms with Crippen molar-refractivity contribution < 1.29 is 32.5 Å². The summed E-state index contributed by atoms with van der Waals surface area (Å²) < 4.78 is 47.0. The largest absolute Gasteiger partial charge is 0.493 e. The monoisotopic (exact) mass is 448 g/mol. The molecule has 2 heterocycles. The second kappa shape index (κ2) is 9.13. The van der Waals surface area contributed by atoms with E-state index in [-0.39, 0.29) is 5.82 Å². The Morgan fingerprint density at radius 2 is 1.61 bits per heavy atom. The first-order chi connectivity index (χ1) is 15.1. The van der Waals surface area contributed by atoms with E-state index in [1.54, 1.807) is 24.3 Å². The van der Waals surface area contributed by atoms with Crippen molar-refractivity contribution >= 4 is 11.8 Å². The van der Waals surface area contributed by atoms with Gasteiger partial charge in [0.15, 0.2) is 11.5 Å². The van der Waals surface area contributed by atoms with Gasteiger partial charge in [0.05, 0.1) is 40.3 Å². The number of aromatic nitrogens is 2. The lowest BCUT2D eigenvalue weighted by molar-refractivity contribution is -0.145. The smallest absolute Gasteiger partial charge is 0.277 e. The Kier molecular flexibility index (Phi) is 6.30. The summed E-state index contributed by atoms with van der Waals surface area (Å²) in [5, 5.41) is 8.57. The molecule has 1 aromatic heterocycles. The van der Waals surface area contributed by atoms with E-state index < -0.39 is 5.79 Å². The van der Waals surface area contributed by atoms with Crippen molar-refractivity contribution in [2.24, 2.45) is 0 Å². The van der Waals surface area contributed by atoms with Crippen molar-refractivity contribution in [2.45, 2.75) is 11.0 Å². The first kappa shape index (κ1) is 21.4. The maximum Gasteiger partial charge on any atom is 0.277 e. The zero-order chi connectivity index (χ0) is 21.8. The van der Waals surface area contributed by atoms with Crippen molar-refractivity contribution in [3.8, 4) is 28.7 Å². The van der Waals surface area contributed by atoms with E-state index in [2.05, 4.69) is 10.2 Å². The van der Waals surface area contributed by atoms with Gasteiger partial charge < -0.3 is 28.1 Å². The summed E-state index contributed by atoms with van der Waals surface area (Å²) in [6.45, 7) is 0.886. The first-order valence-electron chi connectivity index (χ1n) is 9.39. The van der Waals surface area contributed by atoms with E-state index in [9.17, 15) is 4.39 Å². The fraction of sp³-hybridized carbons (Fsp3) is 0.333. The molecule has 1 aliphatic rings. The summed E-state index contributed by atoms with van der Waals surface area (Å²) in [5.41, 5.74) is 1.35. The lowest BCUT2D eigenvalue weighted by Crippen LogP contribution is -2.30. The normalized spacial score (nSPS) is 15.1. The number of benzene rings is 2. The van der Waals surface area contributed by atoms with Gasteiger partial charge in [0, 0.05) is 11.1 Å². The molecule has 8 nitrogen and oxygen atoms in total. The Morgan fingerprint density at radius 1 is 0.968 bits per heavy atom. The van der Waals surface area contributed by atoms with Crippen LogP contribution in [0.4, 0.5) is 4.39 Å². The molecule has 0 N–H and O–H groups in total. The maximum absolute atomic E-state index is 13.3. The maximum atomic E-state index is 13.3. The van der Waals surface area contributed by atoms with Gasteiger partial charge in [-0.25, -0.2) is 4.39 Å². The van der Waals surface area contributed by atoms with Gasteiger partial charge in [-0.3, -0.25) is 0 Å². The average molecular weight is 448 g/mol. The Morgan fingerprint density at radius 3 is 2.19 bits per heavy atom. The van der Waals surface area contributed by atoms with Crippen LogP contribution in [0.2, 0.25) is 0 Å². The standard InChI is InChI=1S/C21H21FN2O6S/c1-25-16-10-13(11-17(26-2)18(16)27-3)19-23-24-20(30-19)31-12-21(28-8-9-29-21)14-4-6-15(22)7-5-14/h4-7,10-11H,8-9,12H2,1-3H3. The van der Waals surface area contributed by atoms with Crippen LogP contribution in [-0.4, -0.2) is 50.5 Å². The summed E-state index contributed by atoms with van der Waals surface area (Å²) in [6, 6.07) is 9.51. The lowest BCUT2D eigenvalue weighted by Gasteiger charge is -2.26. The molecule has 0 saturated carbocycles. The molecule has 1 saturated heterocycles. The van der Waals surface area contributed by atoms with Crippen LogP contribution in [0.25, 0.3) is 11.5 Å². The van der Waals surface area contributed by atoms with E-state index in [0.717, 1.165) is 5.56 Å². The zero-order valence-corrected chi connectivity index (χ0v) is 18.0. The third kappa shape index (κ3) is 4.32. The van der Waals surface area contributed by atoms with Gasteiger partial charge in [0.25, 0.3) is 5.22 Å². The number of hydrogen-bond acceptors (Lipinski definition) is 9. The molecule has 0 amide bonds.